The maximum atomic E-state index is 13.7. The van der Waals surface area contributed by atoms with E-state index in [1.807, 2.05) is 50.7 Å². The number of esters is 1. The zero-order valence-corrected chi connectivity index (χ0v) is 43.1. The smallest absolute Gasteiger partial charge is 0.311 e. The van der Waals surface area contributed by atoms with Gasteiger partial charge in [0.2, 0.25) is 5.91 Å². The summed E-state index contributed by atoms with van der Waals surface area (Å²) in [5, 5.41) is 62.2. The zero-order chi connectivity index (χ0) is 50.2. The van der Waals surface area contributed by atoms with Crippen LogP contribution in [0.2, 0.25) is 0 Å². The maximum absolute atomic E-state index is 13.7. The molecule has 2 rings (SSSR count). The van der Waals surface area contributed by atoms with Crippen LogP contribution >= 0.6 is 0 Å². The van der Waals surface area contributed by atoms with Crippen LogP contribution < -0.4 is 5.32 Å². The molecule has 13 heteroatoms. The topological polar surface area (TPSA) is 181 Å². The van der Waals surface area contributed by atoms with E-state index in [-0.39, 0.29) is 36.8 Å². The molecule has 67 heavy (non-hydrogen) atoms. The quantitative estimate of drug-likeness (QED) is 0.0362. The number of allylic oxidation sites excluding steroid dienone is 12. The molecule has 0 aromatic heterocycles. The van der Waals surface area contributed by atoms with Crippen LogP contribution in [-0.4, -0.2) is 147 Å². The van der Waals surface area contributed by atoms with Gasteiger partial charge < -0.3 is 50.0 Å². The maximum Gasteiger partial charge on any atom is 0.311 e. The van der Waals surface area contributed by atoms with Gasteiger partial charge in [0.15, 0.2) is 6.29 Å². The zero-order valence-electron chi connectivity index (χ0n) is 43.1. The number of amides is 1. The van der Waals surface area contributed by atoms with E-state index < -0.39 is 71.9 Å². The fraction of sp³-hybridized carbons (Fsp3) is 0.741. The summed E-state index contributed by atoms with van der Waals surface area (Å²) in [4.78, 5) is 30.4. The first kappa shape index (κ1) is 60.1. The van der Waals surface area contributed by atoms with E-state index in [0.29, 0.717) is 45.3 Å². The van der Waals surface area contributed by atoms with E-state index in [4.69, 9.17) is 14.2 Å². The molecular weight excluding hydrogens is 851 g/mol. The van der Waals surface area contributed by atoms with E-state index in [2.05, 4.69) is 79.1 Å². The number of likely N-dealkylation sites (N-methyl/N-ethyl adjacent to an activating group) is 1. The Bertz CT molecular complexity index is 1590. The van der Waals surface area contributed by atoms with Crippen molar-refractivity contribution < 1.29 is 49.3 Å². The number of ether oxygens (including phenoxy) is 3. The number of carbonyl (C=O) groups excluding carboxylic acids is 2. The van der Waals surface area contributed by atoms with Crippen molar-refractivity contribution in [3.8, 4) is 0 Å². The minimum Gasteiger partial charge on any atom is -0.459 e. The highest BCUT2D eigenvalue weighted by Gasteiger charge is 2.50. The largest absolute Gasteiger partial charge is 0.459 e. The predicted molar refractivity (Wildman–Crippen MR) is 269 cm³/mol. The normalized spacial score (nSPS) is 34.9. The molecule has 0 aromatic rings. The molecule has 0 aliphatic carbocycles. The number of cyclic esters (lactones) is 1. The highest BCUT2D eigenvalue weighted by Crippen LogP contribution is 2.37. The van der Waals surface area contributed by atoms with Crippen molar-refractivity contribution in [3.63, 3.8) is 0 Å². The monoisotopic (exact) mass is 944 g/mol. The van der Waals surface area contributed by atoms with Crippen LogP contribution in [0.25, 0.3) is 0 Å². The molecule has 384 valence electrons. The molecule has 14 atom stereocenters. The number of nitrogens with one attached hydrogen (secondary N) is 1. The van der Waals surface area contributed by atoms with Crippen molar-refractivity contribution in [1.29, 1.82) is 0 Å². The van der Waals surface area contributed by atoms with E-state index in [9.17, 15) is 35.1 Å². The first-order valence-corrected chi connectivity index (χ1v) is 25.3. The second kappa shape index (κ2) is 31.3. The van der Waals surface area contributed by atoms with Crippen molar-refractivity contribution in [3.05, 3.63) is 72.9 Å². The second-order valence-corrected chi connectivity index (χ2v) is 19.8. The molecule has 2 saturated heterocycles. The van der Waals surface area contributed by atoms with Gasteiger partial charge in [0.25, 0.3) is 0 Å². The third-order valence-electron chi connectivity index (χ3n) is 13.4. The van der Waals surface area contributed by atoms with Gasteiger partial charge in [-0.15, -0.1) is 0 Å². The minimum atomic E-state index is -1.86. The number of carbonyl (C=O) groups is 2. The highest BCUT2D eigenvalue weighted by molar-refractivity contribution is 5.76. The lowest BCUT2D eigenvalue weighted by Gasteiger charge is -2.46. The predicted octanol–water partition coefficient (Wildman–Crippen LogP) is 7.33. The Morgan fingerprint density at radius 3 is 1.90 bits per heavy atom. The average Bonchev–Trinajstić information content (AvgIpc) is 3.27. The van der Waals surface area contributed by atoms with E-state index in [0.717, 1.165) is 38.5 Å². The molecule has 0 bridgehead atoms. The van der Waals surface area contributed by atoms with Crippen molar-refractivity contribution >= 4 is 11.9 Å². The first-order valence-electron chi connectivity index (χ1n) is 25.3. The Morgan fingerprint density at radius 1 is 0.836 bits per heavy atom. The summed E-state index contributed by atoms with van der Waals surface area (Å²) in [5.74, 6) is -2.97. The molecule has 13 nitrogen and oxygen atoms in total. The number of aliphatic hydroxyl groups excluding tert-OH is 3. The Balaban J connectivity index is 2.07. The van der Waals surface area contributed by atoms with Crippen LogP contribution in [0.15, 0.2) is 72.9 Å². The van der Waals surface area contributed by atoms with Gasteiger partial charge in [-0.25, -0.2) is 0 Å². The molecule has 0 aromatic carbocycles. The van der Waals surface area contributed by atoms with Crippen molar-refractivity contribution in [2.24, 2.45) is 17.8 Å². The summed E-state index contributed by atoms with van der Waals surface area (Å²) in [6.07, 6.45) is 26.7. The third-order valence-corrected chi connectivity index (χ3v) is 13.4. The number of nitrogens with zero attached hydrogens (tertiary/aromatic N) is 2. The van der Waals surface area contributed by atoms with Gasteiger partial charge in [0, 0.05) is 44.1 Å². The van der Waals surface area contributed by atoms with Gasteiger partial charge in [-0.1, -0.05) is 101 Å². The summed E-state index contributed by atoms with van der Waals surface area (Å²) in [6, 6.07) is -0.907. The van der Waals surface area contributed by atoms with Gasteiger partial charge in [0.1, 0.15) is 23.9 Å². The molecule has 1 unspecified atom stereocenters. The van der Waals surface area contributed by atoms with Crippen molar-refractivity contribution in [1.82, 2.24) is 15.1 Å². The number of hydrogen-bond donors (Lipinski definition) is 6. The summed E-state index contributed by atoms with van der Waals surface area (Å²) in [6.45, 7) is 17.1. The highest BCUT2D eigenvalue weighted by atomic mass is 16.7. The molecule has 2 heterocycles. The SMILES string of the molecule is CC/C=C\C/C=C\C/C=C\C/C=C\C/C=C\C/C=C\CCC(=O)NCCCN1C[C@H](C)C[C@@](C)(O)[C@H](OC2O[C@H](C)C[C@H](N(C)C)[C@H]2O)[C@@H](C)[C@H](O)[C@@H](C)C(=O)O[C@H](CC)[C@@](C)(O)[C@H](O)[C@H]1C. The lowest BCUT2D eigenvalue weighted by molar-refractivity contribution is -0.299. The van der Waals surface area contributed by atoms with Crippen LogP contribution in [0.3, 0.4) is 0 Å². The average molecular weight is 944 g/mol. The summed E-state index contributed by atoms with van der Waals surface area (Å²) in [5.41, 5.74) is -3.45. The van der Waals surface area contributed by atoms with Gasteiger partial charge in [-0.05, 0) is 125 Å². The standard InChI is InChI=1S/C54H93N3O10/c1-12-14-15-16-17-18-19-20-21-22-23-24-25-26-27-28-29-30-31-33-46(58)55-34-32-35-57-38-39(3)37-53(8,63)50(67-52-48(60)44(56(10)11)36-40(4)65-52)41(5)47(59)42(6)51(62)66-45(13-2)54(9,64)49(61)43(57)7/h14-15,17-18,20-21,23-24,26-27,29-30,39-45,47-50,52,59-61,63-64H,12-13,16,19,22,25,28,31-38H2,1-11H3,(H,55,58)/b15-14-,18-17-,21-20-,24-23-,27-26-,30-29-/t39-,40-,41+,42-,43-,44+,45-,47+,48-,49-,50-,52?,53-,54-/m1/s1. The lowest BCUT2D eigenvalue weighted by atomic mass is 9.78. The van der Waals surface area contributed by atoms with Crippen molar-refractivity contribution in [2.45, 2.75) is 206 Å². The molecule has 1 amide bonds. The van der Waals surface area contributed by atoms with Crippen LogP contribution in [-0.2, 0) is 23.8 Å². The van der Waals surface area contributed by atoms with Crippen LogP contribution in [0.1, 0.15) is 139 Å². The molecule has 6 N–H and O–H groups in total. The molecular formula is C54H93N3O10. The first-order chi connectivity index (χ1) is 31.7. The molecule has 0 radical (unpaired) electrons. The molecule has 2 aliphatic heterocycles. The number of aliphatic hydroxyl groups is 5. The van der Waals surface area contributed by atoms with Gasteiger partial charge in [-0.3, -0.25) is 14.5 Å². The van der Waals surface area contributed by atoms with Crippen LogP contribution in [0, 0.1) is 17.8 Å². The summed E-state index contributed by atoms with van der Waals surface area (Å²) < 4.78 is 18.5. The molecule has 2 fully saturated rings. The lowest BCUT2D eigenvalue weighted by Crippen LogP contribution is -2.59. The molecule has 0 spiro atoms. The molecule has 2 aliphatic rings. The van der Waals surface area contributed by atoms with Gasteiger partial charge in [-0.2, -0.15) is 0 Å². The fourth-order valence-electron chi connectivity index (χ4n) is 9.35. The Kier molecular flexibility index (Phi) is 28.1. The Labute approximate surface area is 405 Å². The minimum absolute atomic E-state index is 0.0560. The Hall–Kier alpha value is -2.98. The van der Waals surface area contributed by atoms with E-state index in [1.165, 1.54) is 13.8 Å². The summed E-state index contributed by atoms with van der Waals surface area (Å²) in [7, 11) is 3.75. The van der Waals surface area contributed by atoms with E-state index >= 15 is 0 Å². The van der Waals surface area contributed by atoms with Gasteiger partial charge in [0.05, 0.1) is 29.8 Å². The molecule has 0 saturated carbocycles. The number of hydrogen-bond acceptors (Lipinski definition) is 12. The summed E-state index contributed by atoms with van der Waals surface area (Å²) >= 11 is 0. The van der Waals surface area contributed by atoms with Crippen molar-refractivity contribution in [2.75, 3.05) is 33.7 Å². The Morgan fingerprint density at radius 2 is 1.37 bits per heavy atom. The van der Waals surface area contributed by atoms with Crippen LogP contribution in [0.5, 0.6) is 0 Å². The number of rotatable bonds is 22. The fourth-order valence-corrected chi connectivity index (χ4v) is 9.35. The van der Waals surface area contributed by atoms with E-state index in [1.54, 1.807) is 20.8 Å². The second-order valence-electron chi connectivity index (χ2n) is 19.8. The van der Waals surface area contributed by atoms with Crippen LogP contribution in [0.4, 0.5) is 0 Å². The van der Waals surface area contributed by atoms with Gasteiger partial charge >= 0.3 is 5.97 Å². The third kappa shape index (κ3) is 20.9.